The van der Waals surface area contributed by atoms with Gasteiger partial charge in [0.05, 0.1) is 24.5 Å². The third kappa shape index (κ3) is 2.97. The number of fused-ring (bicyclic) bond motifs is 1. The summed E-state index contributed by atoms with van der Waals surface area (Å²) in [7, 11) is -3.28. The Kier molecular flexibility index (Phi) is 4.01. The molecule has 9 heteroatoms. The third-order valence-corrected chi connectivity index (χ3v) is 6.44. The number of amides is 1. The lowest BCUT2D eigenvalue weighted by Gasteiger charge is -2.29. The van der Waals surface area contributed by atoms with Gasteiger partial charge in [-0.25, -0.2) is 13.1 Å². The van der Waals surface area contributed by atoms with Crippen molar-refractivity contribution in [1.82, 2.24) is 9.62 Å². The summed E-state index contributed by atoms with van der Waals surface area (Å²) in [6, 6.07) is 2.55. The average molecular weight is 382 g/mol. The average Bonchev–Trinajstić information content (AvgIpc) is 3.18. The van der Waals surface area contributed by atoms with Gasteiger partial charge in [0.25, 0.3) is 5.91 Å². The maximum Gasteiger partial charge on any atom is 0.289 e. The van der Waals surface area contributed by atoms with Crippen molar-refractivity contribution in [1.29, 1.82) is 0 Å². The molecule has 26 heavy (non-hydrogen) atoms. The van der Waals surface area contributed by atoms with E-state index in [2.05, 4.69) is 4.72 Å². The number of rotatable bonds is 4. The van der Waals surface area contributed by atoms with Crippen LogP contribution in [0.15, 0.2) is 21.3 Å². The third-order valence-electron chi connectivity index (χ3n) is 5.75. The zero-order valence-electron chi connectivity index (χ0n) is 14.7. The predicted octanol–water partition coefficient (Wildman–Crippen LogP) is 0.117. The Morgan fingerprint density at radius 2 is 2.19 bits per heavy atom. The van der Waals surface area contributed by atoms with Crippen LogP contribution in [0, 0.1) is 18.8 Å². The molecule has 2 bridgehead atoms. The number of hydrogen-bond donors (Lipinski definition) is 1. The number of likely N-dealkylation sites (tertiary alicyclic amines) is 1. The molecule has 3 fully saturated rings. The summed E-state index contributed by atoms with van der Waals surface area (Å²) in [5.41, 5.74) is -0.670. The van der Waals surface area contributed by atoms with Crippen LogP contribution in [0.1, 0.15) is 29.2 Å². The van der Waals surface area contributed by atoms with E-state index in [4.69, 9.17) is 9.15 Å². The van der Waals surface area contributed by atoms with E-state index in [9.17, 15) is 18.0 Å². The van der Waals surface area contributed by atoms with E-state index < -0.39 is 15.6 Å². The van der Waals surface area contributed by atoms with Crippen molar-refractivity contribution in [3.8, 4) is 0 Å². The number of nitrogens with zero attached hydrogens (tertiary/aromatic N) is 1. The maximum absolute atomic E-state index is 12.8. The molecule has 8 nitrogen and oxygen atoms in total. The summed E-state index contributed by atoms with van der Waals surface area (Å²) < 4.78 is 37.1. The van der Waals surface area contributed by atoms with Crippen LogP contribution in [0.4, 0.5) is 0 Å². The predicted molar refractivity (Wildman–Crippen MR) is 92.3 cm³/mol. The fourth-order valence-electron chi connectivity index (χ4n) is 4.73. The van der Waals surface area contributed by atoms with Crippen molar-refractivity contribution in [2.75, 3.05) is 25.9 Å². The van der Waals surface area contributed by atoms with Crippen LogP contribution in [0.2, 0.25) is 0 Å². The topological polar surface area (TPSA) is 106 Å². The van der Waals surface area contributed by atoms with Crippen molar-refractivity contribution < 1.29 is 22.4 Å². The van der Waals surface area contributed by atoms with Crippen LogP contribution in [0.3, 0.4) is 0 Å². The molecule has 0 unspecified atom stereocenters. The fourth-order valence-corrected chi connectivity index (χ4v) is 5.23. The minimum atomic E-state index is -3.28. The van der Waals surface area contributed by atoms with Gasteiger partial charge in [0.1, 0.15) is 5.76 Å². The number of carbonyl (C=O) groups is 1. The second-order valence-corrected chi connectivity index (χ2v) is 9.44. The highest BCUT2D eigenvalue weighted by atomic mass is 32.2. The lowest BCUT2D eigenvalue weighted by Crippen LogP contribution is -2.41. The molecule has 4 atom stereocenters. The molecule has 142 valence electrons. The van der Waals surface area contributed by atoms with Crippen LogP contribution >= 0.6 is 0 Å². The number of hydrogen-bond acceptors (Lipinski definition) is 6. The Balaban J connectivity index is 1.54. The molecule has 3 aliphatic heterocycles. The van der Waals surface area contributed by atoms with Crippen LogP contribution < -0.4 is 10.2 Å². The number of sulfonamides is 1. The van der Waals surface area contributed by atoms with E-state index in [0.29, 0.717) is 25.4 Å². The van der Waals surface area contributed by atoms with E-state index in [1.807, 2.05) is 0 Å². The zero-order chi connectivity index (χ0) is 18.7. The van der Waals surface area contributed by atoms with E-state index in [1.54, 1.807) is 11.8 Å². The van der Waals surface area contributed by atoms with E-state index in [0.717, 1.165) is 19.1 Å². The molecule has 1 amide bonds. The summed E-state index contributed by atoms with van der Waals surface area (Å²) >= 11 is 0. The van der Waals surface area contributed by atoms with Crippen molar-refractivity contribution in [2.24, 2.45) is 11.8 Å². The molecule has 0 saturated carbocycles. The second kappa shape index (κ2) is 5.90. The fraction of sp³-hybridized carbons (Fsp3) is 0.647. The molecule has 0 aromatic carbocycles. The number of aryl methyl sites for hydroxylation is 1. The molecular formula is C17H22N2O6S. The van der Waals surface area contributed by atoms with Gasteiger partial charge >= 0.3 is 0 Å². The second-order valence-electron chi connectivity index (χ2n) is 7.60. The van der Waals surface area contributed by atoms with Crippen molar-refractivity contribution in [2.45, 2.75) is 31.5 Å². The molecule has 1 aromatic heterocycles. The molecule has 3 saturated heterocycles. The highest BCUT2D eigenvalue weighted by Gasteiger charge is 2.63. The zero-order valence-corrected chi connectivity index (χ0v) is 15.5. The van der Waals surface area contributed by atoms with Gasteiger partial charge in [-0.1, -0.05) is 0 Å². The molecule has 1 N–H and O–H groups in total. The first kappa shape index (κ1) is 17.7. The molecule has 1 spiro atoms. The number of nitrogens with one attached hydrogen (secondary N) is 1. The Hall–Kier alpha value is -1.71. The normalized spacial score (nSPS) is 32.8. The van der Waals surface area contributed by atoms with Gasteiger partial charge in [-0.15, -0.1) is 0 Å². The van der Waals surface area contributed by atoms with Crippen LogP contribution in [0.5, 0.6) is 0 Å². The Bertz CT molecular complexity index is 910. The minimum absolute atomic E-state index is 0.0309. The molecule has 0 radical (unpaired) electrons. The van der Waals surface area contributed by atoms with E-state index in [-0.39, 0.29) is 35.0 Å². The Morgan fingerprint density at radius 3 is 2.88 bits per heavy atom. The standard InChI is InChI=1S/C17H22N2O6S/c1-10-5-11(20)6-15(24-10)16(21)19-8-13-12(7-18-26(2,22)23)14-3-4-17(13,9-19)25-14/h5-6,12-14,18H,3-4,7-9H2,1-2H3/t12-,13+,14+,17+/m0/s1. The summed E-state index contributed by atoms with van der Waals surface area (Å²) in [6.45, 7) is 2.87. The molecule has 4 rings (SSSR count). The molecule has 1 aromatic rings. The first-order valence-electron chi connectivity index (χ1n) is 8.70. The van der Waals surface area contributed by atoms with E-state index in [1.165, 1.54) is 12.1 Å². The van der Waals surface area contributed by atoms with Crippen LogP contribution in [-0.4, -0.2) is 56.8 Å². The summed E-state index contributed by atoms with van der Waals surface area (Å²) in [5, 5.41) is 0. The number of ether oxygens (including phenoxy) is 1. The summed E-state index contributed by atoms with van der Waals surface area (Å²) in [4.78, 5) is 26.1. The Labute approximate surface area is 151 Å². The van der Waals surface area contributed by atoms with Crippen molar-refractivity contribution >= 4 is 15.9 Å². The molecule has 3 aliphatic rings. The van der Waals surface area contributed by atoms with Crippen LogP contribution in [0.25, 0.3) is 0 Å². The van der Waals surface area contributed by atoms with Gasteiger partial charge in [-0.2, -0.15) is 0 Å². The lowest BCUT2D eigenvalue weighted by molar-refractivity contribution is 0.00290. The first-order valence-corrected chi connectivity index (χ1v) is 10.6. The van der Waals surface area contributed by atoms with Crippen LogP contribution in [-0.2, 0) is 14.8 Å². The SMILES string of the molecule is Cc1cc(=O)cc(C(=O)N2C[C@@H]3[C@H](CNS(C)(=O)=O)[C@H]4CC[C@]3(C2)O4)o1. The number of carbonyl (C=O) groups excluding carboxylic acids is 1. The summed E-state index contributed by atoms with van der Waals surface area (Å²) in [5.74, 6) is 0.228. The largest absolute Gasteiger partial charge is 0.456 e. The van der Waals surface area contributed by atoms with Crippen molar-refractivity contribution in [3.05, 3.63) is 33.9 Å². The van der Waals surface area contributed by atoms with Gasteiger partial charge in [0.2, 0.25) is 10.0 Å². The quantitative estimate of drug-likeness (QED) is 0.793. The first-order chi connectivity index (χ1) is 12.2. The monoisotopic (exact) mass is 382 g/mol. The Morgan fingerprint density at radius 1 is 1.42 bits per heavy atom. The molecule has 4 heterocycles. The lowest BCUT2D eigenvalue weighted by atomic mass is 9.74. The molecule has 0 aliphatic carbocycles. The van der Waals surface area contributed by atoms with E-state index >= 15 is 0 Å². The minimum Gasteiger partial charge on any atom is -0.456 e. The van der Waals surface area contributed by atoms with Gasteiger partial charge in [-0.05, 0) is 19.8 Å². The van der Waals surface area contributed by atoms with Crippen molar-refractivity contribution in [3.63, 3.8) is 0 Å². The molecular weight excluding hydrogens is 360 g/mol. The van der Waals surface area contributed by atoms with Gasteiger partial charge < -0.3 is 14.1 Å². The summed E-state index contributed by atoms with van der Waals surface area (Å²) in [6.07, 6.45) is 2.90. The van der Waals surface area contributed by atoms with Gasteiger partial charge in [-0.3, -0.25) is 9.59 Å². The highest BCUT2D eigenvalue weighted by molar-refractivity contribution is 7.88. The van der Waals surface area contributed by atoms with Gasteiger partial charge in [0, 0.05) is 37.1 Å². The smallest absolute Gasteiger partial charge is 0.289 e. The maximum atomic E-state index is 12.8. The highest BCUT2D eigenvalue weighted by Crippen LogP contribution is 2.54. The van der Waals surface area contributed by atoms with Gasteiger partial charge in [0.15, 0.2) is 11.2 Å².